The molecule has 0 aromatic heterocycles. The third kappa shape index (κ3) is 2.22. The van der Waals surface area contributed by atoms with Crippen LogP contribution in [0.15, 0.2) is 24.3 Å². The summed E-state index contributed by atoms with van der Waals surface area (Å²) in [6.45, 7) is 4.63. The number of piperazine rings is 1. The number of carbonyl (C=O) groups excluding carboxylic acids is 2. The maximum Gasteiger partial charge on any atom is 0.250 e. The summed E-state index contributed by atoms with van der Waals surface area (Å²) in [6, 6.07) is 6.46. The second-order valence-electron chi connectivity index (χ2n) is 6.04. The highest BCUT2D eigenvalue weighted by Gasteiger charge is 2.49. The van der Waals surface area contributed by atoms with E-state index in [0.29, 0.717) is 17.3 Å². The topological polar surface area (TPSA) is 40.6 Å². The molecule has 0 aliphatic carbocycles. The van der Waals surface area contributed by atoms with E-state index < -0.39 is 6.04 Å². The van der Waals surface area contributed by atoms with Gasteiger partial charge < -0.3 is 4.90 Å². The zero-order valence-electron chi connectivity index (χ0n) is 12.3. The van der Waals surface area contributed by atoms with Crippen molar-refractivity contribution in [3.8, 4) is 0 Å². The van der Waals surface area contributed by atoms with Crippen LogP contribution in [0.2, 0.25) is 5.02 Å². The summed E-state index contributed by atoms with van der Waals surface area (Å²) in [5, 5.41) is 0.510. The smallest absolute Gasteiger partial charge is 0.250 e. The first-order valence-electron chi connectivity index (χ1n) is 7.40. The predicted octanol–water partition coefficient (Wildman–Crippen LogP) is 2.70. The number of para-hydroxylation sites is 1. The van der Waals surface area contributed by atoms with E-state index >= 15 is 0 Å². The molecule has 0 radical (unpaired) electrons. The SMILES string of the molecule is CC(C)C1C(=O)N2CCCC2C(=O)N1c1ccccc1Cl. The molecule has 0 bridgehead atoms. The molecule has 2 amide bonds. The number of halogens is 1. The zero-order valence-corrected chi connectivity index (χ0v) is 13.0. The van der Waals surface area contributed by atoms with Gasteiger partial charge in [-0.1, -0.05) is 37.6 Å². The lowest BCUT2D eigenvalue weighted by Crippen LogP contribution is -2.64. The Hall–Kier alpha value is -1.55. The predicted molar refractivity (Wildman–Crippen MR) is 82.3 cm³/mol. The lowest BCUT2D eigenvalue weighted by Gasteiger charge is -2.44. The molecule has 0 spiro atoms. The fourth-order valence-electron chi connectivity index (χ4n) is 3.36. The van der Waals surface area contributed by atoms with Crippen LogP contribution in [0.3, 0.4) is 0 Å². The Bertz CT molecular complexity index is 587. The highest BCUT2D eigenvalue weighted by molar-refractivity contribution is 6.34. The average molecular weight is 307 g/mol. The first kappa shape index (κ1) is 14.4. The molecule has 3 rings (SSSR count). The number of rotatable bonds is 2. The maximum absolute atomic E-state index is 12.9. The third-order valence-electron chi connectivity index (χ3n) is 4.33. The van der Waals surface area contributed by atoms with Crippen molar-refractivity contribution in [1.82, 2.24) is 4.90 Å². The van der Waals surface area contributed by atoms with E-state index in [2.05, 4.69) is 0 Å². The highest BCUT2D eigenvalue weighted by atomic mass is 35.5. The molecule has 5 heteroatoms. The van der Waals surface area contributed by atoms with Gasteiger partial charge in [0.15, 0.2) is 0 Å². The highest BCUT2D eigenvalue weighted by Crippen LogP contribution is 2.36. The van der Waals surface area contributed by atoms with Gasteiger partial charge >= 0.3 is 0 Å². The molecule has 0 saturated carbocycles. The first-order chi connectivity index (χ1) is 10.0. The largest absolute Gasteiger partial charge is 0.329 e. The Labute approximate surface area is 129 Å². The number of nitrogens with zero attached hydrogens (tertiary/aromatic N) is 2. The Morgan fingerprint density at radius 1 is 1.19 bits per heavy atom. The van der Waals surface area contributed by atoms with Gasteiger partial charge in [0, 0.05) is 6.54 Å². The number of hydrogen-bond acceptors (Lipinski definition) is 2. The van der Waals surface area contributed by atoms with Crippen molar-refractivity contribution in [3.63, 3.8) is 0 Å². The molecule has 2 unspecified atom stereocenters. The summed E-state index contributed by atoms with van der Waals surface area (Å²) in [4.78, 5) is 29.0. The Morgan fingerprint density at radius 2 is 1.90 bits per heavy atom. The molecule has 21 heavy (non-hydrogen) atoms. The van der Waals surface area contributed by atoms with E-state index in [1.807, 2.05) is 32.0 Å². The van der Waals surface area contributed by atoms with Crippen molar-refractivity contribution in [2.75, 3.05) is 11.4 Å². The van der Waals surface area contributed by atoms with Gasteiger partial charge in [-0.2, -0.15) is 0 Å². The molecule has 2 heterocycles. The van der Waals surface area contributed by atoms with Gasteiger partial charge in [0.05, 0.1) is 10.7 Å². The summed E-state index contributed by atoms with van der Waals surface area (Å²) in [5.41, 5.74) is 0.641. The van der Waals surface area contributed by atoms with Gasteiger partial charge in [-0.15, -0.1) is 0 Å². The lowest BCUT2D eigenvalue weighted by molar-refractivity contribution is -0.145. The molecule has 2 fully saturated rings. The van der Waals surface area contributed by atoms with Crippen LogP contribution in [0.5, 0.6) is 0 Å². The van der Waals surface area contributed by atoms with E-state index in [-0.39, 0.29) is 23.8 Å². The van der Waals surface area contributed by atoms with Crippen molar-refractivity contribution in [1.29, 1.82) is 0 Å². The fraction of sp³-hybridized carbons (Fsp3) is 0.500. The van der Waals surface area contributed by atoms with Crippen LogP contribution in [0.1, 0.15) is 26.7 Å². The molecular weight excluding hydrogens is 288 g/mol. The number of anilines is 1. The van der Waals surface area contributed by atoms with E-state index in [1.54, 1.807) is 15.9 Å². The Balaban J connectivity index is 2.09. The van der Waals surface area contributed by atoms with Gasteiger partial charge in [-0.25, -0.2) is 0 Å². The van der Waals surface area contributed by atoms with Crippen molar-refractivity contribution in [3.05, 3.63) is 29.3 Å². The molecule has 2 atom stereocenters. The number of amides is 2. The van der Waals surface area contributed by atoms with Crippen molar-refractivity contribution in [2.24, 2.45) is 5.92 Å². The van der Waals surface area contributed by atoms with Crippen LogP contribution in [-0.2, 0) is 9.59 Å². The molecule has 0 N–H and O–H groups in total. The minimum absolute atomic E-state index is 0.00102. The lowest BCUT2D eigenvalue weighted by atomic mass is 9.95. The Morgan fingerprint density at radius 3 is 2.57 bits per heavy atom. The van der Waals surface area contributed by atoms with Crippen LogP contribution in [-0.4, -0.2) is 35.3 Å². The molecule has 2 aliphatic heterocycles. The summed E-state index contributed by atoms with van der Waals surface area (Å²) in [6.07, 6.45) is 1.64. The number of fused-ring (bicyclic) bond motifs is 1. The molecule has 1 aromatic rings. The van der Waals surface area contributed by atoms with Gasteiger partial charge in [-0.3, -0.25) is 14.5 Å². The monoisotopic (exact) mass is 306 g/mol. The number of carbonyl (C=O) groups is 2. The quantitative estimate of drug-likeness (QED) is 0.843. The van der Waals surface area contributed by atoms with Crippen molar-refractivity contribution < 1.29 is 9.59 Å². The van der Waals surface area contributed by atoms with E-state index in [9.17, 15) is 9.59 Å². The van der Waals surface area contributed by atoms with Gasteiger partial charge in [0.2, 0.25) is 5.91 Å². The second-order valence-corrected chi connectivity index (χ2v) is 6.45. The molecule has 112 valence electrons. The van der Waals surface area contributed by atoms with E-state index in [4.69, 9.17) is 11.6 Å². The summed E-state index contributed by atoms with van der Waals surface area (Å²) in [5.74, 6) is 0.0881. The number of hydrogen-bond donors (Lipinski definition) is 0. The van der Waals surface area contributed by atoms with Crippen LogP contribution < -0.4 is 4.90 Å². The zero-order chi connectivity index (χ0) is 15.1. The summed E-state index contributed by atoms with van der Waals surface area (Å²) >= 11 is 6.26. The molecule has 2 aliphatic rings. The van der Waals surface area contributed by atoms with E-state index in [0.717, 1.165) is 12.8 Å². The average Bonchev–Trinajstić information content (AvgIpc) is 2.93. The van der Waals surface area contributed by atoms with Crippen LogP contribution in [0.25, 0.3) is 0 Å². The van der Waals surface area contributed by atoms with Crippen molar-refractivity contribution in [2.45, 2.75) is 38.8 Å². The fourth-order valence-corrected chi connectivity index (χ4v) is 3.59. The molecule has 4 nitrogen and oxygen atoms in total. The van der Waals surface area contributed by atoms with Crippen molar-refractivity contribution >= 4 is 29.1 Å². The van der Waals surface area contributed by atoms with Gasteiger partial charge in [0.1, 0.15) is 12.1 Å². The van der Waals surface area contributed by atoms with Crippen LogP contribution >= 0.6 is 11.6 Å². The second kappa shape index (κ2) is 5.34. The van der Waals surface area contributed by atoms with Gasteiger partial charge in [0.25, 0.3) is 5.91 Å². The van der Waals surface area contributed by atoms with Crippen LogP contribution in [0.4, 0.5) is 5.69 Å². The first-order valence-corrected chi connectivity index (χ1v) is 7.78. The Kier molecular flexibility index (Phi) is 3.66. The summed E-state index contributed by atoms with van der Waals surface area (Å²) in [7, 11) is 0. The van der Waals surface area contributed by atoms with Gasteiger partial charge in [-0.05, 0) is 30.9 Å². The minimum Gasteiger partial charge on any atom is -0.329 e. The third-order valence-corrected chi connectivity index (χ3v) is 4.65. The molecule has 1 aromatic carbocycles. The number of benzene rings is 1. The van der Waals surface area contributed by atoms with Crippen LogP contribution in [0, 0.1) is 5.92 Å². The normalized spacial score (nSPS) is 25.7. The summed E-state index contributed by atoms with van der Waals surface area (Å²) < 4.78 is 0. The molecule has 2 saturated heterocycles. The molecular formula is C16H19ClN2O2. The van der Waals surface area contributed by atoms with E-state index in [1.165, 1.54) is 0 Å². The maximum atomic E-state index is 12.9. The standard InChI is InChI=1S/C16H19ClN2O2/c1-10(2)14-16(21)18-9-5-8-13(18)15(20)19(14)12-7-4-3-6-11(12)17/h3-4,6-7,10,13-14H,5,8-9H2,1-2H3. The minimum atomic E-state index is -0.466.